The summed E-state index contributed by atoms with van der Waals surface area (Å²) in [6, 6.07) is 10.1. The molecule has 0 aliphatic carbocycles. The lowest BCUT2D eigenvalue weighted by Crippen LogP contribution is -2.53. The third-order valence-electron chi connectivity index (χ3n) is 4.79. The van der Waals surface area contributed by atoms with Crippen LogP contribution < -0.4 is 15.0 Å². The number of methoxy groups -OCH3 is 1. The molecule has 28 heavy (non-hydrogen) atoms. The van der Waals surface area contributed by atoms with E-state index in [0.717, 1.165) is 69.8 Å². The Kier molecular flexibility index (Phi) is 7.46. The SMILES string of the molecule is CCNC(=NCCCc1ccc(OC)cc1)N1CCN(c2ncccn2)CC1. The first-order valence-electron chi connectivity index (χ1n) is 9.98. The van der Waals surface area contributed by atoms with E-state index in [1.54, 1.807) is 19.5 Å². The van der Waals surface area contributed by atoms with Gasteiger partial charge in [-0.15, -0.1) is 0 Å². The maximum atomic E-state index is 5.21. The van der Waals surface area contributed by atoms with Crippen LogP contribution in [0.25, 0.3) is 0 Å². The molecule has 0 amide bonds. The van der Waals surface area contributed by atoms with E-state index >= 15 is 0 Å². The molecule has 0 bridgehead atoms. The number of nitrogens with one attached hydrogen (secondary N) is 1. The molecule has 1 saturated heterocycles. The molecule has 7 nitrogen and oxygen atoms in total. The van der Waals surface area contributed by atoms with E-state index < -0.39 is 0 Å². The second kappa shape index (κ2) is 10.5. The molecule has 150 valence electrons. The monoisotopic (exact) mass is 382 g/mol. The summed E-state index contributed by atoms with van der Waals surface area (Å²) in [5, 5.41) is 3.43. The van der Waals surface area contributed by atoms with Gasteiger partial charge in [0.25, 0.3) is 0 Å². The molecule has 2 aromatic rings. The average Bonchev–Trinajstić information content (AvgIpc) is 2.77. The lowest BCUT2D eigenvalue weighted by atomic mass is 10.1. The molecule has 1 N–H and O–H groups in total. The van der Waals surface area contributed by atoms with Crippen LogP contribution in [0.2, 0.25) is 0 Å². The number of nitrogens with zero attached hydrogens (tertiary/aromatic N) is 5. The van der Waals surface area contributed by atoms with Crippen molar-refractivity contribution < 1.29 is 4.74 Å². The minimum Gasteiger partial charge on any atom is -0.497 e. The van der Waals surface area contributed by atoms with Crippen molar-refractivity contribution in [3.05, 3.63) is 48.3 Å². The number of hydrogen-bond acceptors (Lipinski definition) is 5. The van der Waals surface area contributed by atoms with Gasteiger partial charge in [-0.25, -0.2) is 9.97 Å². The molecule has 0 spiro atoms. The quantitative estimate of drug-likeness (QED) is 0.450. The zero-order chi connectivity index (χ0) is 19.6. The molecule has 0 unspecified atom stereocenters. The number of aliphatic imine (C=N–C) groups is 1. The molecule has 1 aromatic heterocycles. The zero-order valence-electron chi connectivity index (χ0n) is 16.8. The van der Waals surface area contributed by atoms with E-state index in [-0.39, 0.29) is 0 Å². The van der Waals surface area contributed by atoms with Gasteiger partial charge in [-0.1, -0.05) is 12.1 Å². The number of aromatic nitrogens is 2. The lowest BCUT2D eigenvalue weighted by molar-refractivity contribution is 0.370. The van der Waals surface area contributed by atoms with Crippen LogP contribution in [0, 0.1) is 0 Å². The fourth-order valence-corrected chi connectivity index (χ4v) is 3.26. The van der Waals surface area contributed by atoms with Gasteiger partial charge in [0, 0.05) is 51.7 Å². The van der Waals surface area contributed by atoms with Gasteiger partial charge in [0.05, 0.1) is 7.11 Å². The van der Waals surface area contributed by atoms with Crippen LogP contribution in [0.15, 0.2) is 47.7 Å². The molecular formula is C21H30N6O. The number of aryl methyl sites for hydroxylation is 1. The number of hydrogen-bond donors (Lipinski definition) is 1. The van der Waals surface area contributed by atoms with Gasteiger partial charge in [0.2, 0.25) is 5.95 Å². The fraction of sp³-hybridized carbons (Fsp3) is 0.476. The standard InChI is InChI=1S/C21H30N6O/c1-3-22-20(23-11-4-6-18-7-9-19(28-2)10-8-18)26-14-16-27(17-15-26)21-24-12-5-13-25-21/h5,7-10,12-13H,3-4,6,11,14-17H2,1-2H3,(H,22,23). The van der Waals surface area contributed by atoms with Crippen LogP contribution in [-0.2, 0) is 6.42 Å². The van der Waals surface area contributed by atoms with Gasteiger partial charge >= 0.3 is 0 Å². The van der Waals surface area contributed by atoms with Gasteiger partial charge in [-0.3, -0.25) is 4.99 Å². The van der Waals surface area contributed by atoms with Crippen molar-refractivity contribution in [1.82, 2.24) is 20.2 Å². The molecule has 1 fully saturated rings. The molecular weight excluding hydrogens is 352 g/mol. The van der Waals surface area contributed by atoms with Crippen LogP contribution in [0.5, 0.6) is 5.75 Å². The predicted molar refractivity (Wildman–Crippen MR) is 113 cm³/mol. The van der Waals surface area contributed by atoms with Crippen LogP contribution >= 0.6 is 0 Å². The highest BCUT2D eigenvalue weighted by Crippen LogP contribution is 2.13. The minimum absolute atomic E-state index is 0.809. The highest BCUT2D eigenvalue weighted by molar-refractivity contribution is 5.80. The molecule has 7 heteroatoms. The normalized spacial score (nSPS) is 14.9. The highest BCUT2D eigenvalue weighted by Gasteiger charge is 2.20. The highest BCUT2D eigenvalue weighted by atomic mass is 16.5. The molecule has 1 aliphatic heterocycles. The van der Waals surface area contributed by atoms with Gasteiger partial charge in [0.1, 0.15) is 5.75 Å². The summed E-state index contributed by atoms with van der Waals surface area (Å²) in [6.07, 6.45) is 5.64. The molecule has 1 aliphatic rings. The molecule has 0 saturated carbocycles. The Hall–Kier alpha value is -2.83. The van der Waals surface area contributed by atoms with E-state index in [9.17, 15) is 0 Å². The Bertz CT molecular complexity index is 726. The molecule has 3 rings (SSSR count). The number of ether oxygens (including phenoxy) is 1. The second-order valence-electron chi connectivity index (χ2n) is 6.71. The van der Waals surface area contributed by atoms with E-state index in [1.807, 2.05) is 18.2 Å². The van der Waals surface area contributed by atoms with E-state index in [1.165, 1.54) is 5.56 Å². The van der Waals surface area contributed by atoms with Gasteiger partial charge in [-0.05, 0) is 43.5 Å². The average molecular weight is 383 g/mol. The Morgan fingerprint density at radius 1 is 1.11 bits per heavy atom. The van der Waals surface area contributed by atoms with E-state index in [0.29, 0.717) is 0 Å². The second-order valence-corrected chi connectivity index (χ2v) is 6.71. The van der Waals surface area contributed by atoms with Gasteiger partial charge in [-0.2, -0.15) is 0 Å². The smallest absolute Gasteiger partial charge is 0.225 e. The summed E-state index contributed by atoms with van der Waals surface area (Å²) in [4.78, 5) is 18.1. The first kappa shape index (κ1) is 19.9. The van der Waals surface area contributed by atoms with Crippen molar-refractivity contribution >= 4 is 11.9 Å². The van der Waals surface area contributed by atoms with Crippen molar-refractivity contribution in [2.75, 3.05) is 51.3 Å². The number of benzene rings is 1. The summed E-state index contributed by atoms with van der Waals surface area (Å²) < 4.78 is 5.21. The molecule has 0 atom stereocenters. The summed E-state index contributed by atoms with van der Waals surface area (Å²) >= 11 is 0. The van der Waals surface area contributed by atoms with Crippen LogP contribution in [-0.4, -0.2) is 67.2 Å². The first-order chi connectivity index (χ1) is 13.8. The van der Waals surface area contributed by atoms with E-state index in [4.69, 9.17) is 9.73 Å². The van der Waals surface area contributed by atoms with Gasteiger partial charge in [0.15, 0.2) is 5.96 Å². The minimum atomic E-state index is 0.809. The molecule has 0 radical (unpaired) electrons. The maximum Gasteiger partial charge on any atom is 0.225 e. The fourth-order valence-electron chi connectivity index (χ4n) is 3.26. The Labute approximate surface area is 167 Å². The van der Waals surface area contributed by atoms with Crippen LogP contribution in [0.1, 0.15) is 18.9 Å². The summed E-state index contributed by atoms with van der Waals surface area (Å²) in [7, 11) is 1.69. The largest absolute Gasteiger partial charge is 0.497 e. The zero-order valence-corrected chi connectivity index (χ0v) is 16.8. The van der Waals surface area contributed by atoms with Crippen molar-refractivity contribution in [3.8, 4) is 5.75 Å². The Morgan fingerprint density at radius 2 is 1.82 bits per heavy atom. The summed E-state index contributed by atoms with van der Waals surface area (Å²) in [6.45, 7) is 7.45. The molecule has 1 aromatic carbocycles. The third kappa shape index (κ3) is 5.58. The number of anilines is 1. The lowest BCUT2D eigenvalue weighted by Gasteiger charge is -2.36. The summed E-state index contributed by atoms with van der Waals surface area (Å²) in [5.41, 5.74) is 1.32. The number of rotatable bonds is 7. The topological polar surface area (TPSA) is 65.9 Å². The maximum absolute atomic E-state index is 5.21. The number of guanidine groups is 1. The van der Waals surface area contributed by atoms with Crippen LogP contribution in [0.4, 0.5) is 5.95 Å². The summed E-state index contributed by atoms with van der Waals surface area (Å²) in [5.74, 6) is 2.71. The van der Waals surface area contributed by atoms with Gasteiger partial charge < -0.3 is 19.9 Å². The Balaban J connectivity index is 1.48. The first-order valence-corrected chi connectivity index (χ1v) is 9.98. The van der Waals surface area contributed by atoms with Crippen LogP contribution in [0.3, 0.4) is 0 Å². The third-order valence-corrected chi connectivity index (χ3v) is 4.79. The Morgan fingerprint density at radius 3 is 2.46 bits per heavy atom. The van der Waals surface area contributed by atoms with Crippen molar-refractivity contribution in [2.24, 2.45) is 4.99 Å². The van der Waals surface area contributed by atoms with E-state index in [2.05, 4.69) is 44.1 Å². The van der Waals surface area contributed by atoms with Crippen molar-refractivity contribution in [1.29, 1.82) is 0 Å². The number of piperazine rings is 1. The van der Waals surface area contributed by atoms with Crippen molar-refractivity contribution in [3.63, 3.8) is 0 Å². The predicted octanol–water partition coefficient (Wildman–Crippen LogP) is 2.21. The van der Waals surface area contributed by atoms with Crippen molar-refractivity contribution in [2.45, 2.75) is 19.8 Å². The molecule has 2 heterocycles.